The number of imidazole rings is 1. The number of aromatic nitrogens is 2. The van der Waals surface area contributed by atoms with Gasteiger partial charge in [-0.15, -0.1) is 0 Å². The van der Waals surface area contributed by atoms with E-state index in [4.69, 9.17) is 9.90 Å². The monoisotopic (exact) mass is 401 g/mol. The molecule has 1 N–H and O–H groups in total. The Balaban J connectivity index is 0.000000412. The highest BCUT2D eigenvalue weighted by atomic mass is 32.2. The van der Waals surface area contributed by atoms with Crippen molar-refractivity contribution in [3.63, 3.8) is 0 Å². The minimum absolute atomic E-state index is 0.0935. The molecule has 0 amide bonds. The average Bonchev–Trinajstić information content (AvgIpc) is 2.94. The third-order valence-electron chi connectivity index (χ3n) is 3.50. The number of hydrogen-bond donors (Lipinski definition) is 1. The normalized spacial score (nSPS) is 18.4. The lowest BCUT2D eigenvalue weighted by atomic mass is 10.2. The van der Waals surface area contributed by atoms with Crippen molar-refractivity contribution in [2.45, 2.75) is 18.8 Å². The topological polar surface area (TPSA) is 99.0 Å². The van der Waals surface area contributed by atoms with Crippen LogP contribution >= 0.6 is 0 Å². The Morgan fingerprint density at radius 2 is 1.88 bits per heavy atom. The highest BCUT2D eigenvalue weighted by molar-refractivity contribution is 7.86. The highest BCUT2D eigenvalue weighted by Crippen LogP contribution is 2.24. The quantitative estimate of drug-likeness (QED) is 0.776. The Kier molecular flexibility index (Phi) is 7.16. The number of halogens is 3. The summed E-state index contributed by atoms with van der Waals surface area (Å²) in [7, 11) is 3.70. The first-order valence-electron chi connectivity index (χ1n) is 7.40. The van der Waals surface area contributed by atoms with Crippen LogP contribution in [0.3, 0.4) is 0 Å². The Morgan fingerprint density at radius 3 is 2.31 bits per heavy atom. The molecule has 2 rings (SSSR count). The number of hydrogen-bond acceptors (Lipinski definition) is 5. The fourth-order valence-electron chi connectivity index (χ4n) is 2.33. The molecule has 2 heterocycles. The number of carbonyl (C=O) groups is 1. The lowest BCUT2D eigenvalue weighted by molar-refractivity contribution is -0.192. The lowest BCUT2D eigenvalue weighted by Gasteiger charge is -2.36. The third-order valence-corrected chi connectivity index (χ3v) is 5.35. The molecule has 0 bridgehead atoms. The summed E-state index contributed by atoms with van der Waals surface area (Å²) >= 11 is 0. The number of likely N-dealkylation sites (N-methyl/N-ethyl adjacent to an activating group) is 1. The summed E-state index contributed by atoms with van der Waals surface area (Å²) in [6.45, 7) is 1.63. The van der Waals surface area contributed by atoms with E-state index in [0.717, 1.165) is 12.2 Å². The Morgan fingerprint density at radius 1 is 1.35 bits per heavy atom. The Labute approximate surface area is 149 Å². The van der Waals surface area contributed by atoms with E-state index in [1.807, 2.05) is 14.1 Å². The van der Waals surface area contributed by atoms with E-state index in [0.29, 0.717) is 13.1 Å². The molecule has 0 saturated carbocycles. The number of nitrogens with zero attached hydrogens (tertiary/aromatic N) is 5. The van der Waals surface area contributed by atoms with Gasteiger partial charge in [-0.2, -0.15) is 30.2 Å². The molecule has 0 spiro atoms. The van der Waals surface area contributed by atoms with Crippen LogP contribution in [-0.2, 0) is 21.5 Å². The standard InChI is InChI=1S/C11H21N5O2S.C2HF3O2/c1-13(2)6-11-8-15(19(17,18)14(3)4)7-10-5-12-9-16(10)11;3-2(4,5)1(6)7/h5,9,11H,6-8H2,1-4H3;(H,6,7). The first-order chi connectivity index (χ1) is 11.8. The number of carboxylic acids is 1. The van der Waals surface area contributed by atoms with E-state index in [1.165, 1.54) is 8.61 Å². The van der Waals surface area contributed by atoms with Gasteiger partial charge in [-0.25, -0.2) is 9.78 Å². The van der Waals surface area contributed by atoms with Crippen LogP contribution in [0.5, 0.6) is 0 Å². The molecular weight excluding hydrogens is 379 g/mol. The molecule has 1 aliphatic heterocycles. The van der Waals surface area contributed by atoms with E-state index < -0.39 is 22.4 Å². The van der Waals surface area contributed by atoms with Crippen LogP contribution in [0, 0.1) is 0 Å². The van der Waals surface area contributed by atoms with Gasteiger partial charge >= 0.3 is 12.1 Å². The van der Waals surface area contributed by atoms with Crippen LogP contribution in [-0.4, -0.2) is 90.0 Å². The lowest BCUT2D eigenvalue weighted by Crippen LogP contribution is -2.47. The molecule has 150 valence electrons. The van der Waals surface area contributed by atoms with Gasteiger partial charge in [-0.1, -0.05) is 0 Å². The smallest absolute Gasteiger partial charge is 0.475 e. The second kappa shape index (κ2) is 8.33. The predicted octanol–water partition coefficient (Wildman–Crippen LogP) is 0.241. The first kappa shape index (κ1) is 22.3. The summed E-state index contributed by atoms with van der Waals surface area (Å²) < 4.78 is 61.1. The maximum atomic E-state index is 12.3. The molecule has 1 unspecified atom stereocenters. The largest absolute Gasteiger partial charge is 0.490 e. The van der Waals surface area contributed by atoms with Gasteiger partial charge in [0.1, 0.15) is 0 Å². The average molecular weight is 401 g/mol. The van der Waals surface area contributed by atoms with E-state index >= 15 is 0 Å². The van der Waals surface area contributed by atoms with Crippen molar-refractivity contribution in [2.24, 2.45) is 0 Å². The van der Waals surface area contributed by atoms with Crippen LogP contribution in [0.2, 0.25) is 0 Å². The van der Waals surface area contributed by atoms with Crippen molar-refractivity contribution in [3.8, 4) is 0 Å². The highest BCUT2D eigenvalue weighted by Gasteiger charge is 2.38. The van der Waals surface area contributed by atoms with Gasteiger partial charge in [0.05, 0.1) is 24.6 Å². The number of carboxylic acid groups (broad SMARTS) is 1. The van der Waals surface area contributed by atoms with Gasteiger partial charge < -0.3 is 14.6 Å². The van der Waals surface area contributed by atoms with Crippen LogP contribution in [0.15, 0.2) is 12.5 Å². The van der Waals surface area contributed by atoms with Crippen molar-refractivity contribution in [3.05, 3.63) is 18.2 Å². The molecule has 1 aromatic rings. The van der Waals surface area contributed by atoms with Gasteiger partial charge in [-0.05, 0) is 14.1 Å². The van der Waals surface area contributed by atoms with Gasteiger partial charge in [0, 0.05) is 33.4 Å². The first-order valence-corrected chi connectivity index (χ1v) is 8.79. The zero-order chi connectivity index (χ0) is 20.3. The predicted molar refractivity (Wildman–Crippen MR) is 86.5 cm³/mol. The van der Waals surface area contributed by atoms with E-state index in [2.05, 4.69) is 14.5 Å². The number of alkyl halides is 3. The molecule has 0 aromatic carbocycles. The minimum atomic E-state index is -5.08. The zero-order valence-corrected chi connectivity index (χ0v) is 15.6. The van der Waals surface area contributed by atoms with Gasteiger partial charge in [0.15, 0.2) is 0 Å². The molecule has 0 radical (unpaired) electrons. The summed E-state index contributed by atoms with van der Waals surface area (Å²) in [4.78, 5) is 15.1. The fraction of sp³-hybridized carbons (Fsp3) is 0.692. The summed E-state index contributed by atoms with van der Waals surface area (Å²) in [6, 6.07) is 0.0935. The van der Waals surface area contributed by atoms with Crippen LogP contribution < -0.4 is 0 Å². The summed E-state index contributed by atoms with van der Waals surface area (Å²) in [5, 5.41) is 7.12. The van der Waals surface area contributed by atoms with Crippen LogP contribution in [0.1, 0.15) is 11.7 Å². The maximum Gasteiger partial charge on any atom is 0.490 e. The molecule has 1 atom stereocenters. The van der Waals surface area contributed by atoms with Crippen LogP contribution in [0.4, 0.5) is 13.2 Å². The maximum absolute atomic E-state index is 12.3. The molecule has 13 heteroatoms. The SMILES string of the molecule is CN(C)CC1CN(S(=O)(=O)N(C)C)Cc2cncn21.O=C(O)C(F)(F)F. The zero-order valence-electron chi connectivity index (χ0n) is 14.8. The molecule has 1 aromatic heterocycles. The third kappa shape index (κ3) is 5.65. The summed E-state index contributed by atoms with van der Waals surface area (Å²) in [5.41, 5.74) is 0.934. The van der Waals surface area contributed by atoms with Gasteiger partial charge in [0.25, 0.3) is 10.2 Å². The molecule has 1 aliphatic rings. The molecule has 0 aliphatic carbocycles. The van der Waals surface area contributed by atoms with Crippen molar-refractivity contribution >= 4 is 16.2 Å². The van der Waals surface area contributed by atoms with Crippen molar-refractivity contribution < 1.29 is 31.5 Å². The number of rotatable bonds is 4. The number of fused-ring (bicyclic) bond motifs is 1. The van der Waals surface area contributed by atoms with Crippen LogP contribution in [0.25, 0.3) is 0 Å². The Hall–Kier alpha value is -1.70. The van der Waals surface area contributed by atoms with Crippen molar-refractivity contribution in [1.82, 2.24) is 23.1 Å². The summed E-state index contributed by atoms with van der Waals surface area (Å²) in [6.07, 6.45) is -1.57. The van der Waals surface area contributed by atoms with Crippen molar-refractivity contribution in [1.29, 1.82) is 0 Å². The minimum Gasteiger partial charge on any atom is -0.475 e. The van der Waals surface area contributed by atoms with Crippen molar-refractivity contribution in [2.75, 3.05) is 41.3 Å². The molecule has 9 nitrogen and oxygen atoms in total. The van der Waals surface area contributed by atoms with E-state index in [-0.39, 0.29) is 6.04 Å². The molecular formula is C13H22F3N5O4S. The fourth-order valence-corrected chi connectivity index (χ4v) is 3.44. The second-order valence-corrected chi connectivity index (χ2v) is 8.24. The second-order valence-electron chi connectivity index (χ2n) is 6.09. The van der Waals surface area contributed by atoms with Gasteiger partial charge in [-0.3, -0.25) is 0 Å². The van der Waals surface area contributed by atoms with Gasteiger partial charge in [0.2, 0.25) is 0 Å². The molecule has 26 heavy (non-hydrogen) atoms. The summed E-state index contributed by atoms with van der Waals surface area (Å²) in [5.74, 6) is -2.76. The Bertz CT molecular complexity index is 718. The van der Waals surface area contributed by atoms with E-state index in [1.54, 1.807) is 26.6 Å². The number of aliphatic carboxylic acids is 1. The van der Waals surface area contributed by atoms with E-state index in [9.17, 15) is 21.6 Å². The molecule has 0 saturated heterocycles. The molecule has 0 fully saturated rings.